The van der Waals surface area contributed by atoms with Crippen LogP contribution in [-0.2, 0) is 0 Å². The van der Waals surface area contributed by atoms with Crippen molar-refractivity contribution in [3.8, 4) is 0 Å². The molecule has 0 radical (unpaired) electrons. The smallest absolute Gasteiger partial charge is 0.0896 e. The summed E-state index contributed by atoms with van der Waals surface area (Å²) in [5, 5.41) is 1.55. The lowest BCUT2D eigenvalue weighted by molar-refractivity contribution is -0.931. The van der Waals surface area contributed by atoms with Crippen LogP contribution in [0.25, 0.3) is 5.57 Å². The molecule has 136 valence electrons. The summed E-state index contributed by atoms with van der Waals surface area (Å²) >= 11 is 12.2. The fraction of sp³-hybridized carbons (Fsp3) is 0.391. The molecule has 2 atom stereocenters. The van der Waals surface area contributed by atoms with Gasteiger partial charge in [0.05, 0.1) is 26.2 Å². The Bertz CT molecular complexity index is 742. The third-order valence-corrected chi connectivity index (χ3v) is 7.08. The fourth-order valence-electron chi connectivity index (χ4n) is 4.91. The van der Waals surface area contributed by atoms with Gasteiger partial charge in [-0.2, -0.15) is 0 Å². The summed E-state index contributed by atoms with van der Waals surface area (Å²) in [6.45, 7) is 0. The Morgan fingerprint density at radius 1 is 0.808 bits per heavy atom. The van der Waals surface area contributed by atoms with Crippen molar-refractivity contribution in [2.75, 3.05) is 14.1 Å². The third kappa shape index (κ3) is 3.45. The van der Waals surface area contributed by atoms with Gasteiger partial charge in [0.25, 0.3) is 0 Å². The zero-order chi connectivity index (χ0) is 18.3. The molecule has 2 bridgehead atoms. The van der Waals surface area contributed by atoms with Crippen LogP contribution < -0.4 is 0 Å². The summed E-state index contributed by atoms with van der Waals surface area (Å²) in [5.41, 5.74) is 3.75. The Balaban J connectivity index is 1.70. The first-order chi connectivity index (χ1) is 12.4. The molecule has 2 heterocycles. The molecule has 4 rings (SSSR count). The Morgan fingerprint density at radius 3 is 1.65 bits per heavy atom. The predicted octanol–water partition coefficient (Wildman–Crippen LogP) is 6.44. The van der Waals surface area contributed by atoms with Gasteiger partial charge in [-0.25, -0.2) is 0 Å². The minimum Gasteiger partial charge on any atom is -0.324 e. The number of hydrogen-bond acceptors (Lipinski definition) is 0. The van der Waals surface area contributed by atoms with Crippen molar-refractivity contribution >= 4 is 28.8 Å². The van der Waals surface area contributed by atoms with Gasteiger partial charge in [0, 0.05) is 35.7 Å². The standard InChI is InChI=1S/C23H26Cl2N/c1-26(2)21-11-12-22(26)14-16(13-21)15-23(17-3-7-19(24)8-4-17)18-5-9-20(25)10-6-18/h3-10,15-16,21-22H,11-14H2,1-2H3/q+1/t21-,22-/m0/s1. The number of piperidine rings is 1. The van der Waals surface area contributed by atoms with Gasteiger partial charge in [-0.05, 0) is 46.9 Å². The van der Waals surface area contributed by atoms with Gasteiger partial charge in [-0.15, -0.1) is 0 Å². The summed E-state index contributed by atoms with van der Waals surface area (Å²) in [6.07, 6.45) is 7.83. The highest BCUT2D eigenvalue weighted by atomic mass is 35.5. The van der Waals surface area contributed by atoms with E-state index in [2.05, 4.69) is 44.4 Å². The Kier molecular flexibility index (Phi) is 4.90. The second kappa shape index (κ2) is 7.03. The molecule has 2 aromatic carbocycles. The molecule has 2 fully saturated rings. The highest BCUT2D eigenvalue weighted by Gasteiger charge is 2.48. The van der Waals surface area contributed by atoms with Crippen molar-refractivity contribution < 1.29 is 4.48 Å². The lowest BCUT2D eigenvalue weighted by Gasteiger charge is -2.44. The van der Waals surface area contributed by atoms with Crippen molar-refractivity contribution in [2.24, 2.45) is 5.92 Å². The zero-order valence-corrected chi connectivity index (χ0v) is 17.0. The van der Waals surface area contributed by atoms with E-state index in [1.807, 2.05) is 24.3 Å². The number of fused-ring (bicyclic) bond motifs is 2. The summed E-state index contributed by atoms with van der Waals surface area (Å²) in [6, 6.07) is 18.0. The molecule has 2 aliphatic heterocycles. The van der Waals surface area contributed by atoms with E-state index >= 15 is 0 Å². The van der Waals surface area contributed by atoms with Crippen LogP contribution in [0.4, 0.5) is 0 Å². The first-order valence-electron chi connectivity index (χ1n) is 9.50. The first kappa shape index (κ1) is 18.1. The lowest BCUT2D eigenvalue weighted by atomic mass is 9.85. The van der Waals surface area contributed by atoms with E-state index in [0.717, 1.165) is 22.1 Å². The van der Waals surface area contributed by atoms with Gasteiger partial charge in [0.2, 0.25) is 0 Å². The Hall–Kier alpha value is -1.28. The van der Waals surface area contributed by atoms with Crippen LogP contribution in [0.5, 0.6) is 0 Å². The van der Waals surface area contributed by atoms with Gasteiger partial charge in [-0.3, -0.25) is 0 Å². The predicted molar refractivity (Wildman–Crippen MR) is 112 cm³/mol. The number of benzene rings is 2. The number of quaternary nitrogens is 1. The highest BCUT2D eigenvalue weighted by molar-refractivity contribution is 6.31. The van der Waals surface area contributed by atoms with Crippen molar-refractivity contribution in [3.63, 3.8) is 0 Å². The van der Waals surface area contributed by atoms with E-state index < -0.39 is 0 Å². The fourth-order valence-corrected chi connectivity index (χ4v) is 5.16. The maximum Gasteiger partial charge on any atom is 0.0896 e. The van der Waals surface area contributed by atoms with Crippen LogP contribution in [0.1, 0.15) is 36.8 Å². The number of hydrogen-bond donors (Lipinski definition) is 0. The highest BCUT2D eigenvalue weighted by Crippen LogP contribution is 2.43. The number of halogens is 2. The van der Waals surface area contributed by atoms with Crippen LogP contribution in [0.2, 0.25) is 10.0 Å². The lowest BCUT2D eigenvalue weighted by Crippen LogP contribution is -2.54. The molecule has 0 aliphatic carbocycles. The van der Waals surface area contributed by atoms with Crippen molar-refractivity contribution in [3.05, 3.63) is 75.8 Å². The van der Waals surface area contributed by atoms with Crippen LogP contribution in [-0.4, -0.2) is 30.7 Å². The third-order valence-electron chi connectivity index (χ3n) is 6.58. The molecule has 2 aliphatic rings. The topological polar surface area (TPSA) is 0 Å². The summed E-state index contributed by atoms with van der Waals surface area (Å²) in [7, 11) is 4.84. The van der Waals surface area contributed by atoms with Crippen molar-refractivity contribution in [2.45, 2.75) is 37.8 Å². The molecule has 0 spiro atoms. The van der Waals surface area contributed by atoms with E-state index in [1.54, 1.807) is 0 Å². The van der Waals surface area contributed by atoms with E-state index in [9.17, 15) is 0 Å². The molecule has 0 unspecified atom stereocenters. The average molecular weight is 387 g/mol. The van der Waals surface area contributed by atoms with E-state index in [1.165, 1.54) is 46.9 Å². The average Bonchev–Trinajstić information content (AvgIpc) is 2.78. The van der Waals surface area contributed by atoms with Gasteiger partial charge >= 0.3 is 0 Å². The normalized spacial score (nSPS) is 26.5. The second-order valence-electron chi connectivity index (χ2n) is 8.34. The molecule has 3 heteroatoms. The maximum absolute atomic E-state index is 6.11. The van der Waals surface area contributed by atoms with Gasteiger partial charge in [0.15, 0.2) is 0 Å². The van der Waals surface area contributed by atoms with Crippen molar-refractivity contribution in [1.82, 2.24) is 0 Å². The molecule has 26 heavy (non-hydrogen) atoms. The molecule has 0 amide bonds. The van der Waals surface area contributed by atoms with Gasteiger partial charge in [0.1, 0.15) is 0 Å². The van der Waals surface area contributed by atoms with Crippen LogP contribution >= 0.6 is 23.2 Å². The molecule has 2 aromatic rings. The minimum atomic E-state index is 0.639. The quantitative estimate of drug-likeness (QED) is 0.532. The van der Waals surface area contributed by atoms with Gasteiger partial charge in [-0.1, -0.05) is 53.5 Å². The molecular weight excluding hydrogens is 361 g/mol. The molecule has 0 saturated carbocycles. The Labute approximate surface area is 166 Å². The number of nitrogens with zero attached hydrogens (tertiary/aromatic N) is 1. The van der Waals surface area contributed by atoms with Crippen LogP contribution in [0, 0.1) is 5.92 Å². The molecule has 0 N–H and O–H groups in total. The van der Waals surface area contributed by atoms with Crippen LogP contribution in [0.15, 0.2) is 54.6 Å². The van der Waals surface area contributed by atoms with E-state index in [0.29, 0.717) is 5.92 Å². The molecule has 0 aromatic heterocycles. The molecule has 1 nitrogen and oxygen atoms in total. The summed E-state index contributed by atoms with van der Waals surface area (Å²) in [4.78, 5) is 0. The van der Waals surface area contributed by atoms with Gasteiger partial charge < -0.3 is 4.48 Å². The molecule has 2 saturated heterocycles. The van der Waals surface area contributed by atoms with Crippen molar-refractivity contribution in [1.29, 1.82) is 0 Å². The molecular formula is C23H26Cl2N+. The number of rotatable bonds is 3. The SMILES string of the molecule is C[N+]1(C)[C@H]2CC[C@H]1CC(C=C(c1ccc(Cl)cc1)c1ccc(Cl)cc1)C2. The summed E-state index contributed by atoms with van der Waals surface area (Å²) in [5.74, 6) is 0.639. The first-order valence-corrected chi connectivity index (χ1v) is 10.3. The number of allylic oxidation sites excluding steroid dienone is 1. The summed E-state index contributed by atoms with van der Waals surface area (Å²) < 4.78 is 1.21. The zero-order valence-electron chi connectivity index (χ0n) is 15.5. The maximum atomic E-state index is 6.11. The van der Waals surface area contributed by atoms with E-state index in [-0.39, 0.29) is 0 Å². The largest absolute Gasteiger partial charge is 0.324 e. The van der Waals surface area contributed by atoms with Crippen LogP contribution in [0.3, 0.4) is 0 Å². The second-order valence-corrected chi connectivity index (χ2v) is 9.21. The Morgan fingerprint density at radius 2 is 1.23 bits per heavy atom. The monoisotopic (exact) mass is 386 g/mol. The minimum absolute atomic E-state index is 0.639. The van der Waals surface area contributed by atoms with E-state index in [4.69, 9.17) is 23.2 Å².